The first-order valence-corrected chi connectivity index (χ1v) is 3.63. The largest absolute Gasteiger partial charge is 0.394 e. The van der Waals surface area contributed by atoms with E-state index in [9.17, 15) is 0 Å². The summed E-state index contributed by atoms with van der Waals surface area (Å²) < 4.78 is 5.46. The maximum Gasteiger partial charge on any atom is 0.0840 e. The van der Waals surface area contributed by atoms with Gasteiger partial charge in [-0.15, -0.1) is 0 Å². The van der Waals surface area contributed by atoms with Crippen molar-refractivity contribution in [1.29, 1.82) is 0 Å². The number of aliphatic hydroxyl groups is 1. The first-order chi connectivity index (χ1) is 4.35. The molecule has 9 heavy (non-hydrogen) atoms. The average molecular weight is 128 g/mol. The quantitative estimate of drug-likeness (QED) is 0.563. The highest BCUT2D eigenvalue weighted by Crippen LogP contribution is 2.47. The SMILES string of the molecule is OCC1CC2(CCC2)O1. The van der Waals surface area contributed by atoms with Crippen molar-refractivity contribution in [2.75, 3.05) is 6.61 Å². The molecule has 0 bridgehead atoms. The van der Waals surface area contributed by atoms with Crippen LogP contribution in [0.2, 0.25) is 0 Å². The van der Waals surface area contributed by atoms with E-state index in [0.29, 0.717) is 0 Å². The van der Waals surface area contributed by atoms with Gasteiger partial charge in [0.2, 0.25) is 0 Å². The minimum atomic E-state index is 0.172. The lowest BCUT2D eigenvalue weighted by Crippen LogP contribution is -2.56. The highest BCUT2D eigenvalue weighted by molar-refractivity contribution is 4.99. The average Bonchev–Trinajstić information content (AvgIpc) is 1.59. The summed E-state index contributed by atoms with van der Waals surface area (Å²) in [6, 6.07) is 0. The van der Waals surface area contributed by atoms with Crippen LogP contribution in [0.25, 0.3) is 0 Å². The van der Waals surface area contributed by atoms with Crippen molar-refractivity contribution in [3.63, 3.8) is 0 Å². The highest BCUT2D eigenvalue weighted by Gasteiger charge is 2.49. The fourth-order valence-corrected chi connectivity index (χ4v) is 1.75. The van der Waals surface area contributed by atoms with Gasteiger partial charge < -0.3 is 9.84 Å². The fraction of sp³-hybridized carbons (Fsp3) is 1.00. The molecule has 1 heterocycles. The summed E-state index contributed by atoms with van der Waals surface area (Å²) in [6.07, 6.45) is 5.04. The van der Waals surface area contributed by atoms with Crippen LogP contribution in [0.5, 0.6) is 0 Å². The molecule has 1 spiro atoms. The lowest BCUT2D eigenvalue weighted by atomic mass is 9.72. The molecular weight excluding hydrogens is 116 g/mol. The van der Waals surface area contributed by atoms with E-state index >= 15 is 0 Å². The minimum Gasteiger partial charge on any atom is -0.394 e. The Bertz CT molecular complexity index is 110. The van der Waals surface area contributed by atoms with Gasteiger partial charge >= 0.3 is 0 Å². The number of ether oxygens (including phenoxy) is 1. The van der Waals surface area contributed by atoms with E-state index in [1.54, 1.807) is 0 Å². The van der Waals surface area contributed by atoms with Crippen molar-refractivity contribution in [1.82, 2.24) is 0 Å². The second kappa shape index (κ2) is 1.70. The smallest absolute Gasteiger partial charge is 0.0840 e. The molecule has 0 aromatic heterocycles. The third-order valence-corrected chi connectivity index (χ3v) is 2.48. The standard InChI is InChI=1S/C7H12O2/c8-5-6-4-7(9-6)2-1-3-7/h6,8H,1-5H2. The Balaban J connectivity index is 1.82. The fourth-order valence-electron chi connectivity index (χ4n) is 1.75. The molecule has 2 nitrogen and oxygen atoms in total. The van der Waals surface area contributed by atoms with Crippen molar-refractivity contribution in [3.8, 4) is 0 Å². The summed E-state index contributed by atoms with van der Waals surface area (Å²) in [5.74, 6) is 0. The van der Waals surface area contributed by atoms with Crippen LogP contribution in [-0.2, 0) is 4.74 Å². The van der Waals surface area contributed by atoms with Gasteiger partial charge in [-0.2, -0.15) is 0 Å². The van der Waals surface area contributed by atoms with Gasteiger partial charge in [-0.1, -0.05) is 0 Å². The van der Waals surface area contributed by atoms with Gasteiger partial charge in [0.15, 0.2) is 0 Å². The number of aliphatic hydroxyl groups excluding tert-OH is 1. The van der Waals surface area contributed by atoms with Crippen LogP contribution in [0.15, 0.2) is 0 Å². The summed E-state index contributed by atoms with van der Waals surface area (Å²) in [5, 5.41) is 8.61. The Labute approximate surface area is 54.8 Å². The number of hydrogen-bond donors (Lipinski definition) is 1. The zero-order chi connectivity index (χ0) is 6.32. The first kappa shape index (κ1) is 5.69. The van der Waals surface area contributed by atoms with Crippen molar-refractivity contribution in [2.24, 2.45) is 0 Å². The molecule has 1 atom stereocenters. The van der Waals surface area contributed by atoms with Crippen LogP contribution < -0.4 is 0 Å². The molecule has 2 rings (SSSR count). The molecule has 1 saturated heterocycles. The van der Waals surface area contributed by atoms with Crippen LogP contribution in [0, 0.1) is 0 Å². The molecule has 2 fully saturated rings. The first-order valence-electron chi connectivity index (χ1n) is 3.63. The zero-order valence-electron chi connectivity index (χ0n) is 5.47. The van der Waals surface area contributed by atoms with Gasteiger partial charge in [-0.3, -0.25) is 0 Å². The molecular formula is C7H12O2. The maximum atomic E-state index is 8.61. The topological polar surface area (TPSA) is 29.5 Å². The Kier molecular flexibility index (Phi) is 1.08. The normalized spacial score (nSPS) is 37.7. The molecule has 52 valence electrons. The molecule has 0 radical (unpaired) electrons. The van der Waals surface area contributed by atoms with Crippen LogP contribution >= 0.6 is 0 Å². The third-order valence-electron chi connectivity index (χ3n) is 2.48. The van der Waals surface area contributed by atoms with E-state index in [2.05, 4.69) is 0 Å². The van der Waals surface area contributed by atoms with Gasteiger partial charge in [0.05, 0.1) is 18.3 Å². The van der Waals surface area contributed by atoms with Crippen LogP contribution in [0.4, 0.5) is 0 Å². The van der Waals surface area contributed by atoms with Crippen molar-refractivity contribution in [2.45, 2.75) is 37.4 Å². The predicted molar refractivity (Wildman–Crippen MR) is 33.2 cm³/mol. The summed E-state index contributed by atoms with van der Waals surface area (Å²) >= 11 is 0. The van der Waals surface area contributed by atoms with Crippen molar-refractivity contribution >= 4 is 0 Å². The van der Waals surface area contributed by atoms with Crippen molar-refractivity contribution in [3.05, 3.63) is 0 Å². The van der Waals surface area contributed by atoms with E-state index in [4.69, 9.17) is 9.84 Å². The lowest BCUT2D eigenvalue weighted by Gasteiger charge is -2.53. The predicted octanol–water partition coefficient (Wildman–Crippen LogP) is 0.690. The highest BCUT2D eigenvalue weighted by atomic mass is 16.5. The zero-order valence-corrected chi connectivity index (χ0v) is 5.47. The Morgan fingerprint density at radius 3 is 2.56 bits per heavy atom. The maximum absolute atomic E-state index is 8.61. The molecule has 0 amide bonds. The van der Waals surface area contributed by atoms with Gasteiger partial charge in [-0.05, 0) is 19.3 Å². The van der Waals surface area contributed by atoms with Crippen molar-refractivity contribution < 1.29 is 9.84 Å². The molecule has 1 N–H and O–H groups in total. The number of rotatable bonds is 1. The van der Waals surface area contributed by atoms with E-state index in [1.807, 2.05) is 0 Å². The Morgan fingerprint density at radius 2 is 2.22 bits per heavy atom. The number of hydrogen-bond acceptors (Lipinski definition) is 2. The molecule has 1 unspecified atom stereocenters. The second-order valence-corrected chi connectivity index (χ2v) is 3.16. The molecule has 2 heteroatoms. The summed E-state index contributed by atoms with van der Waals surface area (Å²) in [4.78, 5) is 0. The van der Waals surface area contributed by atoms with Crippen LogP contribution in [0.3, 0.4) is 0 Å². The molecule has 0 aromatic rings. The van der Waals surface area contributed by atoms with Gasteiger partial charge in [0.1, 0.15) is 0 Å². The molecule has 2 aliphatic rings. The van der Waals surface area contributed by atoms with Gasteiger partial charge in [-0.25, -0.2) is 0 Å². The lowest BCUT2D eigenvalue weighted by molar-refractivity contribution is -0.251. The Morgan fingerprint density at radius 1 is 1.56 bits per heavy atom. The summed E-state index contributed by atoms with van der Waals surface area (Å²) in [6.45, 7) is 0.210. The van der Waals surface area contributed by atoms with E-state index in [0.717, 1.165) is 6.42 Å². The summed E-state index contributed by atoms with van der Waals surface area (Å²) in [7, 11) is 0. The molecule has 1 aliphatic carbocycles. The van der Waals surface area contributed by atoms with E-state index < -0.39 is 0 Å². The third kappa shape index (κ3) is 0.700. The molecule has 1 aliphatic heterocycles. The minimum absolute atomic E-state index is 0.172. The monoisotopic (exact) mass is 128 g/mol. The molecule has 0 aromatic carbocycles. The van der Waals surface area contributed by atoms with Gasteiger partial charge in [0.25, 0.3) is 0 Å². The summed E-state index contributed by atoms with van der Waals surface area (Å²) in [5.41, 5.74) is 0.257. The van der Waals surface area contributed by atoms with Gasteiger partial charge in [0, 0.05) is 6.42 Å². The molecule has 1 saturated carbocycles. The van der Waals surface area contributed by atoms with Crippen LogP contribution in [0.1, 0.15) is 25.7 Å². The Hall–Kier alpha value is -0.0800. The van der Waals surface area contributed by atoms with Crippen LogP contribution in [-0.4, -0.2) is 23.4 Å². The second-order valence-electron chi connectivity index (χ2n) is 3.16. The van der Waals surface area contributed by atoms with E-state index in [1.165, 1.54) is 19.3 Å². The van der Waals surface area contributed by atoms with E-state index in [-0.39, 0.29) is 18.3 Å².